The second kappa shape index (κ2) is 7.17. The van der Waals surface area contributed by atoms with Crippen molar-refractivity contribution < 1.29 is 9.59 Å². The SMILES string of the molecule is C[C@H]1C(=O)N[C@@H](Cc2ccccc2)CN1C(=O)Nc1ccccc1. The Hall–Kier alpha value is -2.82. The zero-order valence-corrected chi connectivity index (χ0v) is 13.6. The van der Waals surface area contributed by atoms with Crippen LogP contribution in [0.4, 0.5) is 10.5 Å². The Morgan fingerprint density at radius 2 is 1.75 bits per heavy atom. The minimum absolute atomic E-state index is 0.0855. The molecule has 0 bridgehead atoms. The van der Waals surface area contributed by atoms with Gasteiger partial charge in [0.05, 0.1) is 6.04 Å². The predicted molar refractivity (Wildman–Crippen MR) is 93.7 cm³/mol. The topological polar surface area (TPSA) is 61.4 Å². The second-order valence-electron chi connectivity index (χ2n) is 6.02. The van der Waals surface area contributed by atoms with Crippen molar-refractivity contribution in [1.82, 2.24) is 10.2 Å². The summed E-state index contributed by atoms with van der Waals surface area (Å²) in [5, 5.41) is 5.86. The average Bonchev–Trinajstić information content (AvgIpc) is 2.59. The van der Waals surface area contributed by atoms with Crippen LogP contribution >= 0.6 is 0 Å². The molecule has 1 saturated heterocycles. The second-order valence-corrected chi connectivity index (χ2v) is 6.02. The van der Waals surface area contributed by atoms with E-state index >= 15 is 0 Å². The first-order valence-corrected chi connectivity index (χ1v) is 8.10. The summed E-state index contributed by atoms with van der Waals surface area (Å²) in [7, 11) is 0. The van der Waals surface area contributed by atoms with Gasteiger partial charge in [-0.05, 0) is 31.0 Å². The number of hydrogen-bond acceptors (Lipinski definition) is 2. The number of piperazine rings is 1. The number of nitrogens with zero attached hydrogens (tertiary/aromatic N) is 1. The molecule has 2 aromatic carbocycles. The van der Waals surface area contributed by atoms with Gasteiger partial charge in [0, 0.05) is 12.2 Å². The van der Waals surface area contributed by atoms with Gasteiger partial charge in [0.2, 0.25) is 5.91 Å². The van der Waals surface area contributed by atoms with Crippen molar-refractivity contribution in [2.75, 3.05) is 11.9 Å². The van der Waals surface area contributed by atoms with E-state index in [9.17, 15) is 9.59 Å². The molecule has 5 nitrogen and oxygen atoms in total. The van der Waals surface area contributed by atoms with Crippen LogP contribution in [0.1, 0.15) is 12.5 Å². The van der Waals surface area contributed by atoms with Crippen molar-refractivity contribution in [3.05, 3.63) is 66.2 Å². The smallest absolute Gasteiger partial charge is 0.322 e. The lowest BCUT2D eigenvalue weighted by Crippen LogP contribution is -2.61. The van der Waals surface area contributed by atoms with Crippen LogP contribution in [-0.4, -0.2) is 35.5 Å². The highest BCUT2D eigenvalue weighted by Crippen LogP contribution is 2.15. The highest BCUT2D eigenvalue weighted by molar-refractivity contribution is 5.94. The molecule has 24 heavy (non-hydrogen) atoms. The van der Waals surface area contributed by atoms with Gasteiger partial charge in [-0.1, -0.05) is 48.5 Å². The van der Waals surface area contributed by atoms with Crippen molar-refractivity contribution in [1.29, 1.82) is 0 Å². The third-order valence-corrected chi connectivity index (χ3v) is 4.22. The third-order valence-electron chi connectivity index (χ3n) is 4.22. The van der Waals surface area contributed by atoms with Gasteiger partial charge in [0.15, 0.2) is 0 Å². The molecule has 1 aliphatic heterocycles. The molecule has 0 radical (unpaired) electrons. The molecule has 5 heteroatoms. The molecule has 3 amide bonds. The monoisotopic (exact) mass is 323 g/mol. The molecule has 2 aromatic rings. The fraction of sp³-hybridized carbons (Fsp3) is 0.263. The minimum atomic E-state index is -0.485. The largest absolute Gasteiger partial charge is 0.349 e. The Labute approximate surface area is 141 Å². The quantitative estimate of drug-likeness (QED) is 0.912. The van der Waals surface area contributed by atoms with Gasteiger partial charge in [-0.2, -0.15) is 0 Å². The third kappa shape index (κ3) is 3.74. The number of carbonyl (C=O) groups excluding carboxylic acids is 2. The Morgan fingerprint density at radius 1 is 1.12 bits per heavy atom. The van der Waals surface area contributed by atoms with Crippen molar-refractivity contribution in [2.24, 2.45) is 0 Å². The Morgan fingerprint density at radius 3 is 2.42 bits per heavy atom. The van der Waals surface area contributed by atoms with E-state index in [1.807, 2.05) is 60.7 Å². The van der Waals surface area contributed by atoms with Gasteiger partial charge in [-0.3, -0.25) is 4.79 Å². The van der Waals surface area contributed by atoms with E-state index in [-0.39, 0.29) is 18.0 Å². The van der Waals surface area contributed by atoms with E-state index in [0.717, 1.165) is 11.3 Å². The zero-order valence-electron chi connectivity index (χ0n) is 13.6. The summed E-state index contributed by atoms with van der Waals surface area (Å²) >= 11 is 0. The fourth-order valence-corrected chi connectivity index (χ4v) is 2.89. The number of rotatable bonds is 3. The van der Waals surface area contributed by atoms with Crippen LogP contribution in [0.25, 0.3) is 0 Å². The number of amides is 3. The summed E-state index contributed by atoms with van der Waals surface area (Å²) in [5.41, 5.74) is 1.86. The Balaban J connectivity index is 1.69. The zero-order chi connectivity index (χ0) is 16.9. The lowest BCUT2D eigenvalue weighted by atomic mass is 10.0. The van der Waals surface area contributed by atoms with E-state index in [0.29, 0.717) is 13.0 Å². The average molecular weight is 323 g/mol. The van der Waals surface area contributed by atoms with Crippen molar-refractivity contribution in [2.45, 2.75) is 25.4 Å². The summed E-state index contributed by atoms with van der Waals surface area (Å²) in [4.78, 5) is 26.4. The van der Waals surface area contributed by atoms with Crippen LogP contribution in [-0.2, 0) is 11.2 Å². The number of hydrogen-bond donors (Lipinski definition) is 2. The molecular weight excluding hydrogens is 302 g/mol. The Bertz CT molecular complexity index is 703. The van der Waals surface area contributed by atoms with Gasteiger partial charge in [-0.15, -0.1) is 0 Å². The molecule has 0 aromatic heterocycles. The maximum atomic E-state index is 12.6. The van der Waals surface area contributed by atoms with Crippen LogP contribution in [0.15, 0.2) is 60.7 Å². The van der Waals surface area contributed by atoms with Crippen LogP contribution < -0.4 is 10.6 Å². The van der Waals surface area contributed by atoms with Crippen LogP contribution in [0.2, 0.25) is 0 Å². The predicted octanol–water partition coefficient (Wildman–Crippen LogP) is 2.65. The lowest BCUT2D eigenvalue weighted by molar-refractivity contribution is -0.128. The first-order valence-electron chi connectivity index (χ1n) is 8.10. The molecule has 3 rings (SSSR count). The number of benzene rings is 2. The Kier molecular flexibility index (Phi) is 4.79. The number of urea groups is 1. The standard InChI is InChI=1S/C19H21N3O2/c1-14-18(23)20-17(12-15-8-4-2-5-9-15)13-22(14)19(24)21-16-10-6-3-7-11-16/h2-11,14,17H,12-13H2,1H3,(H,20,23)(H,21,24)/t14-,17-/m0/s1. The molecule has 1 fully saturated rings. The lowest BCUT2D eigenvalue weighted by Gasteiger charge is -2.37. The van der Waals surface area contributed by atoms with E-state index in [1.54, 1.807) is 11.8 Å². The van der Waals surface area contributed by atoms with E-state index in [2.05, 4.69) is 10.6 Å². The summed E-state index contributed by atoms with van der Waals surface area (Å²) in [6.07, 6.45) is 0.703. The van der Waals surface area contributed by atoms with Gasteiger partial charge in [-0.25, -0.2) is 4.79 Å². The maximum absolute atomic E-state index is 12.6. The molecule has 124 valence electrons. The summed E-state index contributed by atoms with van der Waals surface area (Å²) in [5.74, 6) is -0.120. The summed E-state index contributed by atoms with van der Waals surface area (Å²) in [6.45, 7) is 2.24. The van der Waals surface area contributed by atoms with Crippen molar-refractivity contribution in [3.63, 3.8) is 0 Å². The molecule has 0 spiro atoms. The molecule has 1 aliphatic rings. The molecule has 0 aliphatic carbocycles. The highest BCUT2D eigenvalue weighted by atomic mass is 16.2. The van der Waals surface area contributed by atoms with Crippen molar-refractivity contribution in [3.8, 4) is 0 Å². The highest BCUT2D eigenvalue weighted by Gasteiger charge is 2.34. The number of carbonyl (C=O) groups is 2. The molecular formula is C19H21N3O2. The summed E-state index contributed by atoms with van der Waals surface area (Å²) in [6, 6.07) is 18.4. The molecule has 0 unspecified atom stereocenters. The number of nitrogens with one attached hydrogen (secondary N) is 2. The van der Waals surface area contributed by atoms with E-state index in [4.69, 9.17) is 0 Å². The number of anilines is 1. The number of para-hydroxylation sites is 1. The van der Waals surface area contributed by atoms with Gasteiger partial charge in [0.1, 0.15) is 6.04 Å². The first-order chi connectivity index (χ1) is 11.6. The summed E-state index contributed by atoms with van der Waals surface area (Å²) < 4.78 is 0. The molecule has 2 N–H and O–H groups in total. The van der Waals surface area contributed by atoms with Gasteiger partial charge < -0.3 is 15.5 Å². The molecule has 2 atom stereocenters. The first kappa shape index (κ1) is 16.1. The normalized spacial score (nSPS) is 20.4. The van der Waals surface area contributed by atoms with Crippen LogP contribution in [0.3, 0.4) is 0 Å². The minimum Gasteiger partial charge on any atom is -0.349 e. The fourth-order valence-electron chi connectivity index (χ4n) is 2.89. The maximum Gasteiger partial charge on any atom is 0.322 e. The van der Waals surface area contributed by atoms with Crippen molar-refractivity contribution >= 4 is 17.6 Å². The van der Waals surface area contributed by atoms with Crippen LogP contribution in [0, 0.1) is 0 Å². The van der Waals surface area contributed by atoms with E-state index in [1.165, 1.54) is 0 Å². The van der Waals surface area contributed by atoms with E-state index < -0.39 is 6.04 Å². The van der Waals surface area contributed by atoms with Gasteiger partial charge in [0.25, 0.3) is 0 Å². The molecule has 1 heterocycles. The molecule has 0 saturated carbocycles. The van der Waals surface area contributed by atoms with Crippen LogP contribution in [0.5, 0.6) is 0 Å². The van der Waals surface area contributed by atoms with Gasteiger partial charge >= 0.3 is 6.03 Å².